The molecule has 0 heterocycles. The summed E-state index contributed by atoms with van der Waals surface area (Å²) in [6.45, 7) is 2.93. The van der Waals surface area contributed by atoms with E-state index in [-0.39, 0.29) is 30.1 Å². The second-order valence-corrected chi connectivity index (χ2v) is 5.64. The highest BCUT2D eigenvalue weighted by Gasteiger charge is 2.14. The van der Waals surface area contributed by atoms with Crippen molar-refractivity contribution in [3.8, 4) is 5.75 Å². The van der Waals surface area contributed by atoms with Gasteiger partial charge in [-0.3, -0.25) is 0 Å². The Morgan fingerprint density at radius 2 is 1.87 bits per heavy atom. The minimum absolute atomic E-state index is 0.0643. The van der Waals surface area contributed by atoms with E-state index in [4.69, 9.17) is 4.74 Å². The van der Waals surface area contributed by atoms with Crippen molar-refractivity contribution < 1.29 is 14.2 Å². The van der Waals surface area contributed by atoms with Gasteiger partial charge in [-0.15, -0.1) is 0 Å². The largest absolute Gasteiger partial charge is 0.494 e. The maximum absolute atomic E-state index is 13.5. The van der Waals surface area contributed by atoms with E-state index in [1.807, 2.05) is 25.1 Å². The summed E-state index contributed by atoms with van der Waals surface area (Å²) in [6, 6.07) is 15.1. The normalized spacial score (nSPS) is 13.6. The Bertz CT molecular complexity index is 604. The molecule has 0 aromatic heterocycles. The first kappa shape index (κ1) is 17.4. The zero-order chi connectivity index (χ0) is 16.7. The highest BCUT2D eigenvalue weighted by molar-refractivity contribution is 5.32. The predicted molar refractivity (Wildman–Crippen MR) is 90.3 cm³/mol. The first-order valence-electron chi connectivity index (χ1n) is 7.88. The second-order valence-electron chi connectivity index (χ2n) is 5.64. The van der Waals surface area contributed by atoms with Gasteiger partial charge in [0, 0.05) is 19.2 Å². The molecule has 2 N–H and O–H groups in total. The van der Waals surface area contributed by atoms with Crippen molar-refractivity contribution in [2.45, 2.75) is 25.3 Å². The van der Waals surface area contributed by atoms with Crippen LogP contribution in [-0.2, 0) is 0 Å². The van der Waals surface area contributed by atoms with E-state index in [1.54, 1.807) is 12.1 Å². The molecule has 2 unspecified atom stereocenters. The summed E-state index contributed by atoms with van der Waals surface area (Å²) in [6.07, 6.45) is 0.705. The number of aliphatic hydroxyl groups is 1. The molecule has 23 heavy (non-hydrogen) atoms. The van der Waals surface area contributed by atoms with Crippen LogP contribution in [0.1, 0.15) is 36.4 Å². The summed E-state index contributed by atoms with van der Waals surface area (Å²) in [7, 11) is 1.47. The van der Waals surface area contributed by atoms with Crippen LogP contribution in [0, 0.1) is 5.82 Å². The lowest BCUT2D eigenvalue weighted by molar-refractivity contribution is 0.272. The third kappa shape index (κ3) is 4.78. The molecule has 0 bridgehead atoms. The predicted octanol–water partition coefficient (Wildman–Crippen LogP) is 3.65. The molecule has 0 aliphatic heterocycles. The molecule has 0 aliphatic rings. The highest BCUT2D eigenvalue weighted by atomic mass is 19.1. The number of methoxy groups -OCH3 is 1. The van der Waals surface area contributed by atoms with Gasteiger partial charge >= 0.3 is 0 Å². The molecular weight excluding hydrogens is 293 g/mol. The van der Waals surface area contributed by atoms with Gasteiger partial charge in [0.1, 0.15) is 0 Å². The molecule has 0 radical (unpaired) electrons. The number of rotatable bonds is 8. The Hall–Kier alpha value is -1.91. The minimum Gasteiger partial charge on any atom is -0.494 e. The molecule has 2 aromatic rings. The van der Waals surface area contributed by atoms with Gasteiger partial charge < -0.3 is 15.2 Å². The molecule has 2 rings (SSSR count). The fraction of sp³-hybridized carbons (Fsp3) is 0.368. The van der Waals surface area contributed by atoms with Gasteiger partial charge in [-0.2, -0.15) is 0 Å². The summed E-state index contributed by atoms with van der Waals surface area (Å²) >= 11 is 0. The minimum atomic E-state index is -0.356. The molecule has 4 heteroatoms. The van der Waals surface area contributed by atoms with Crippen molar-refractivity contribution >= 4 is 0 Å². The zero-order valence-electron chi connectivity index (χ0n) is 13.6. The third-order valence-electron chi connectivity index (χ3n) is 4.09. The van der Waals surface area contributed by atoms with Crippen molar-refractivity contribution in [2.75, 3.05) is 20.3 Å². The molecule has 2 aromatic carbocycles. The van der Waals surface area contributed by atoms with Crippen LogP contribution in [0.5, 0.6) is 5.75 Å². The summed E-state index contributed by atoms with van der Waals surface area (Å²) in [4.78, 5) is 0. The summed E-state index contributed by atoms with van der Waals surface area (Å²) in [5.74, 6) is 0.142. The van der Waals surface area contributed by atoms with Crippen LogP contribution in [0.25, 0.3) is 0 Å². The number of ether oxygens (including phenoxy) is 1. The molecule has 2 atom stereocenters. The van der Waals surface area contributed by atoms with Gasteiger partial charge in [0.15, 0.2) is 11.6 Å². The molecule has 124 valence electrons. The average molecular weight is 317 g/mol. The average Bonchev–Trinajstić information content (AvgIpc) is 2.59. The number of hydrogen-bond acceptors (Lipinski definition) is 3. The van der Waals surface area contributed by atoms with E-state index in [9.17, 15) is 9.50 Å². The lowest BCUT2D eigenvalue weighted by Crippen LogP contribution is -2.25. The topological polar surface area (TPSA) is 41.5 Å². The van der Waals surface area contributed by atoms with Crippen LogP contribution in [0.3, 0.4) is 0 Å². The molecule has 0 fully saturated rings. The maximum atomic E-state index is 13.5. The maximum Gasteiger partial charge on any atom is 0.165 e. The van der Waals surface area contributed by atoms with E-state index in [2.05, 4.69) is 17.4 Å². The number of aliphatic hydroxyl groups excluding tert-OH is 1. The van der Waals surface area contributed by atoms with E-state index in [0.717, 1.165) is 12.1 Å². The molecule has 0 saturated carbocycles. The van der Waals surface area contributed by atoms with E-state index in [1.165, 1.54) is 18.7 Å². The van der Waals surface area contributed by atoms with E-state index >= 15 is 0 Å². The van der Waals surface area contributed by atoms with Gasteiger partial charge in [0.2, 0.25) is 0 Å². The summed E-state index contributed by atoms with van der Waals surface area (Å²) in [5.41, 5.74) is 2.18. The third-order valence-corrected chi connectivity index (χ3v) is 4.09. The molecule has 0 spiro atoms. The van der Waals surface area contributed by atoms with Crippen molar-refractivity contribution in [2.24, 2.45) is 0 Å². The van der Waals surface area contributed by atoms with Crippen LogP contribution in [-0.4, -0.2) is 25.4 Å². The Balaban J connectivity index is 2.02. The standard InChI is InChI=1S/C19H24FNO2/c1-14(16-8-9-18(20)19(12-16)23-2)21-13-17(10-11-22)15-6-4-3-5-7-15/h3-9,12,14,17,21-22H,10-11,13H2,1-2H3. The highest BCUT2D eigenvalue weighted by Crippen LogP contribution is 2.24. The van der Waals surface area contributed by atoms with Crippen LogP contribution in [0.2, 0.25) is 0 Å². The molecule has 0 saturated heterocycles. The number of nitrogens with one attached hydrogen (secondary N) is 1. The monoisotopic (exact) mass is 317 g/mol. The van der Waals surface area contributed by atoms with Gasteiger partial charge in [-0.05, 0) is 42.5 Å². The van der Waals surface area contributed by atoms with E-state index < -0.39 is 0 Å². The molecule has 3 nitrogen and oxygen atoms in total. The summed E-state index contributed by atoms with van der Waals surface area (Å²) in [5, 5.41) is 12.8. The van der Waals surface area contributed by atoms with Crippen LogP contribution in [0.4, 0.5) is 4.39 Å². The van der Waals surface area contributed by atoms with Gasteiger partial charge in [0.25, 0.3) is 0 Å². The van der Waals surface area contributed by atoms with Gasteiger partial charge in [-0.25, -0.2) is 4.39 Å². The fourth-order valence-corrected chi connectivity index (χ4v) is 2.65. The van der Waals surface area contributed by atoms with Crippen molar-refractivity contribution in [1.29, 1.82) is 0 Å². The Morgan fingerprint density at radius 3 is 2.52 bits per heavy atom. The van der Waals surface area contributed by atoms with Gasteiger partial charge in [-0.1, -0.05) is 36.4 Å². The Morgan fingerprint density at radius 1 is 1.13 bits per heavy atom. The SMILES string of the molecule is COc1cc(C(C)NCC(CCO)c2ccccc2)ccc1F. The fourth-order valence-electron chi connectivity index (χ4n) is 2.65. The van der Waals surface area contributed by atoms with Crippen molar-refractivity contribution in [3.63, 3.8) is 0 Å². The molecule has 0 aliphatic carbocycles. The number of halogens is 1. The first-order valence-corrected chi connectivity index (χ1v) is 7.88. The van der Waals surface area contributed by atoms with Crippen LogP contribution >= 0.6 is 0 Å². The first-order chi connectivity index (χ1) is 11.2. The molecule has 0 amide bonds. The zero-order valence-corrected chi connectivity index (χ0v) is 13.6. The lowest BCUT2D eigenvalue weighted by Gasteiger charge is -2.21. The second kappa shape index (κ2) is 8.65. The molecular formula is C19H24FNO2. The quantitative estimate of drug-likeness (QED) is 0.781. The van der Waals surface area contributed by atoms with E-state index in [0.29, 0.717) is 6.42 Å². The Labute approximate surface area is 137 Å². The van der Waals surface area contributed by atoms with Gasteiger partial charge in [0.05, 0.1) is 7.11 Å². The van der Waals surface area contributed by atoms with Crippen LogP contribution < -0.4 is 10.1 Å². The summed E-state index contributed by atoms with van der Waals surface area (Å²) < 4.78 is 18.5. The van der Waals surface area contributed by atoms with Crippen LogP contribution in [0.15, 0.2) is 48.5 Å². The Kier molecular flexibility index (Phi) is 6.56. The van der Waals surface area contributed by atoms with Crippen molar-refractivity contribution in [1.82, 2.24) is 5.32 Å². The number of hydrogen-bond donors (Lipinski definition) is 2. The smallest absolute Gasteiger partial charge is 0.165 e. The number of benzene rings is 2. The van der Waals surface area contributed by atoms with Crippen molar-refractivity contribution in [3.05, 3.63) is 65.5 Å². The lowest BCUT2D eigenvalue weighted by atomic mass is 9.95.